The zero-order valence-corrected chi connectivity index (χ0v) is 18.0. The average molecular weight is 426 g/mol. The predicted octanol–water partition coefficient (Wildman–Crippen LogP) is 5.63. The van der Waals surface area contributed by atoms with Crippen molar-refractivity contribution in [1.29, 1.82) is 0 Å². The molecule has 0 aliphatic carbocycles. The molecule has 0 unspecified atom stereocenters. The zero-order chi connectivity index (χ0) is 22.8. The molecular weight excluding hydrogens is 404 g/mol. The fourth-order valence-electron chi connectivity index (χ4n) is 3.33. The van der Waals surface area contributed by atoms with Gasteiger partial charge in [-0.05, 0) is 68.3 Å². The lowest BCUT2D eigenvalue weighted by molar-refractivity contribution is -0.384. The number of aryl methyl sites for hydroxylation is 3. The number of hydrogen-bond acceptors (Lipinski definition) is 4. The predicted molar refractivity (Wildman–Crippen MR) is 124 cm³/mol. The second-order valence-electron chi connectivity index (χ2n) is 7.72. The van der Waals surface area contributed by atoms with E-state index in [9.17, 15) is 14.9 Å². The van der Waals surface area contributed by atoms with Crippen molar-refractivity contribution in [2.45, 2.75) is 20.8 Å². The summed E-state index contributed by atoms with van der Waals surface area (Å²) >= 11 is 0. The number of rotatable bonds is 5. The van der Waals surface area contributed by atoms with Crippen LogP contribution in [0.1, 0.15) is 27.2 Å². The van der Waals surface area contributed by atoms with Gasteiger partial charge in [-0.25, -0.2) is 4.68 Å². The molecule has 0 bridgehead atoms. The van der Waals surface area contributed by atoms with Crippen LogP contribution in [0.5, 0.6) is 0 Å². The lowest BCUT2D eigenvalue weighted by Crippen LogP contribution is -2.17. The number of aromatic nitrogens is 2. The van der Waals surface area contributed by atoms with Crippen LogP contribution >= 0.6 is 0 Å². The fourth-order valence-corrected chi connectivity index (χ4v) is 3.33. The van der Waals surface area contributed by atoms with Crippen molar-refractivity contribution < 1.29 is 9.72 Å². The number of nitrogens with one attached hydrogen (secondary N) is 1. The van der Waals surface area contributed by atoms with E-state index >= 15 is 0 Å². The van der Waals surface area contributed by atoms with E-state index < -0.39 is 4.92 Å². The van der Waals surface area contributed by atoms with Crippen LogP contribution < -0.4 is 5.32 Å². The van der Waals surface area contributed by atoms with Gasteiger partial charge >= 0.3 is 0 Å². The monoisotopic (exact) mass is 426 g/mol. The molecular formula is C25H22N4O3. The second kappa shape index (κ2) is 8.47. The number of amides is 1. The van der Waals surface area contributed by atoms with E-state index in [0.29, 0.717) is 22.8 Å². The number of benzene rings is 3. The molecule has 0 radical (unpaired) electrons. The van der Waals surface area contributed by atoms with Gasteiger partial charge in [0, 0.05) is 23.4 Å². The van der Waals surface area contributed by atoms with E-state index in [1.165, 1.54) is 22.4 Å². The van der Waals surface area contributed by atoms with Gasteiger partial charge < -0.3 is 5.32 Å². The number of nitro groups is 1. The van der Waals surface area contributed by atoms with E-state index in [1.54, 1.807) is 18.2 Å². The normalized spacial score (nSPS) is 10.7. The summed E-state index contributed by atoms with van der Waals surface area (Å²) in [5.41, 5.74) is 6.44. The van der Waals surface area contributed by atoms with E-state index in [4.69, 9.17) is 0 Å². The summed E-state index contributed by atoms with van der Waals surface area (Å²) < 4.78 is 1.51. The molecule has 7 heteroatoms. The molecule has 0 spiro atoms. The van der Waals surface area contributed by atoms with Crippen molar-refractivity contribution in [3.63, 3.8) is 0 Å². The lowest BCUT2D eigenvalue weighted by atomic mass is 10.0. The zero-order valence-electron chi connectivity index (χ0n) is 18.0. The largest absolute Gasteiger partial charge is 0.321 e. The molecule has 4 aromatic rings. The highest BCUT2D eigenvalue weighted by atomic mass is 16.6. The van der Waals surface area contributed by atoms with Crippen molar-refractivity contribution in [1.82, 2.24) is 9.78 Å². The topological polar surface area (TPSA) is 90.1 Å². The molecule has 0 atom stereocenters. The number of carbonyl (C=O) groups is 1. The van der Waals surface area contributed by atoms with Crippen LogP contribution in [-0.4, -0.2) is 20.6 Å². The first-order valence-corrected chi connectivity index (χ1v) is 10.1. The first kappa shape index (κ1) is 21.0. The van der Waals surface area contributed by atoms with Crippen LogP contribution in [0.2, 0.25) is 0 Å². The number of carbonyl (C=O) groups excluding carboxylic acids is 1. The molecule has 0 saturated heterocycles. The van der Waals surface area contributed by atoms with Crippen LogP contribution in [0.15, 0.2) is 72.8 Å². The number of non-ortho nitro benzene ring substituents is 1. The van der Waals surface area contributed by atoms with Crippen LogP contribution in [-0.2, 0) is 0 Å². The highest BCUT2D eigenvalue weighted by Crippen LogP contribution is 2.25. The third kappa shape index (κ3) is 4.27. The lowest BCUT2D eigenvalue weighted by Gasteiger charge is -2.08. The maximum Gasteiger partial charge on any atom is 0.274 e. The molecule has 32 heavy (non-hydrogen) atoms. The van der Waals surface area contributed by atoms with E-state index in [1.807, 2.05) is 63.2 Å². The minimum absolute atomic E-state index is 0.0269. The Labute approximate surface area is 185 Å². The summed E-state index contributed by atoms with van der Waals surface area (Å²) in [6, 6.07) is 21.2. The first-order chi connectivity index (χ1) is 15.3. The molecule has 1 heterocycles. The molecule has 0 aliphatic heterocycles. The molecule has 1 N–H and O–H groups in total. The molecule has 160 valence electrons. The highest BCUT2D eigenvalue weighted by Gasteiger charge is 2.19. The maximum atomic E-state index is 13.2. The number of nitrogens with zero attached hydrogens (tertiary/aromatic N) is 3. The first-order valence-electron chi connectivity index (χ1n) is 10.1. The van der Waals surface area contributed by atoms with Gasteiger partial charge in [0.25, 0.3) is 11.6 Å². The third-order valence-electron chi connectivity index (χ3n) is 5.36. The van der Waals surface area contributed by atoms with E-state index in [2.05, 4.69) is 10.4 Å². The Balaban J connectivity index is 1.77. The van der Waals surface area contributed by atoms with Gasteiger partial charge in [0.1, 0.15) is 5.69 Å². The molecule has 1 amide bonds. The van der Waals surface area contributed by atoms with Gasteiger partial charge in [-0.15, -0.1) is 0 Å². The third-order valence-corrected chi connectivity index (χ3v) is 5.36. The minimum Gasteiger partial charge on any atom is -0.321 e. The molecule has 1 aromatic heterocycles. The van der Waals surface area contributed by atoms with Crippen molar-refractivity contribution in [3.8, 4) is 16.9 Å². The Kier molecular flexibility index (Phi) is 5.55. The summed E-state index contributed by atoms with van der Waals surface area (Å²) in [5.74, 6) is -0.324. The van der Waals surface area contributed by atoms with Crippen molar-refractivity contribution >= 4 is 17.3 Å². The van der Waals surface area contributed by atoms with Crippen LogP contribution in [0.25, 0.3) is 16.9 Å². The molecule has 0 fully saturated rings. The van der Waals surface area contributed by atoms with Crippen molar-refractivity contribution in [2.75, 3.05) is 5.32 Å². The Morgan fingerprint density at radius 3 is 2.22 bits per heavy atom. The number of hydrogen-bond donors (Lipinski definition) is 1. The molecule has 0 aliphatic rings. The number of anilines is 1. The van der Waals surface area contributed by atoms with Gasteiger partial charge in [-0.2, -0.15) is 5.10 Å². The molecule has 7 nitrogen and oxygen atoms in total. The molecule has 4 rings (SSSR count). The second-order valence-corrected chi connectivity index (χ2v) is 7.72. The summed E-state index contributed by atoms with van der Waals surface area (Å²) in [6.07, 6.45) is 0. The van der Waals surface area contributed by atoms with Gasteiger partial charge in [0.15, 0.2) is 0 Å². The average Bonchev–Trinajstić information content (AvgIpc) is 3.23. The van der Waals surface area contributed by atoms with E-state index in [0.717, 1.165) is 16.7 Å². The maximum absolute atomic E-state index is 13.2. The smallest absolute Gasteiger partial charge is 0.274 e. The van der Waals surface area contributed by atoms with Crippen LogP contribution in [0.3, 0.4) is 0 Å². The summed E-state index contributed by atoms with van der Waals surface area (Å²) in [7, 11) is 0. The van der Waals surface area contributed by atoms with Gasteiger partial charge in [-0.1, -0.05) is 29.8 Å². The van der Waals surface area contributed by atoms with Crippen molar-refractivity contribution in [2.24, 2.45) is 0 Å². The van der Waals surface area contributed by atoms with E-state index in [-0.39, 0.29) is 11.6 Å². The summed E-state index contributed by atoms with van der Waals surface area (Å²) in [6.45, 7) is 6.04. The molecule has 0 saturated carbocycles. The van der Waals surface area contributed by atoms with Crippen LogP contribution in [0, 0.1) is 30.9 Å². The Hall–Kier alpha value is -4.26. The summed E-state index contributed by atoms with van der Waals surface area (Å²) in [4.78, 5) is 23.7. The van der Waals surface area contributed by atoms with Crippen LogP contribution in [0.4, 0.5) is 11.4 Å². The Morgan fingerprint density at radius 2 is 1.59 bits per heavy atom. The fraction of sp³-hybridized carbons (Fsp3) is 0.120. The van der Waals surface area contributed by atoms with Gasteiger partial charge in [0.2, 0.25) is 0 Å². The highest BCUT2D eigenvalue weighted by molar-refractivity contribution is 6.04. The van der Waals surface area contributed by atoms with Gasteiger partial charge in [-0.3, -0.25) is 14.9 Å². The van der Waals surface area contributed by atoms with Crippen molar-refractivity contribution in [3.05, 3.63) is 105 Å². The number of nitro benzene ring substituents is 1. The minimum atomic E-state index is -0.460. The summed E-state index contributed by atoms with van der Waals surface area (Å²) in [5, 5.41) is 18.6. The Bertz CT molecular complexity index is 1310. The SMILES string of the molecule is Cc1ccc(NC(=O)c2cc(-c3ccc(C)c(C)c3)nn2-c2ccc([N+](=O)[O-])cc2)cc1. The quantitative estimate of drug-likeness (QED) is 0.331. The Morgan fingerprint density at radius 1 is 0.906 bits per heavy atom. The van der Waals surface area contributed by atoms with Gasteiger partial charge in [0.05, 0.1) is 16.3 Å². The molecule has 3 aromatic carbocycles. The standard InChI is InChI=1S/C25H22N4O3/c1-16-4-8-20(9-5-16)26-25(30)24-15-23(19-7-6-17(2)18(3)14-19)27-28(24)21-10-12-22(13-11-21)29(31)32/h4-15H,1-3H3,(H,26,30).